The molecule has 2 rings (SSSR count). The van der Waals surface area contributed by atoms with Gasteiger partial charge in [0, 0.05) is 33.2 Å². The fourth-order valence-corrected chi connectivity index (χ4v) is 2.94. The third kappa shape index (κ3) is 6.13. The zero-order valence-electron chi connectivity index (χ0n) is 14.8. The number of likely N-dealkylation sites (tertiary alicyclic amines) is 1. The molecule has 24 heavy (non-hydrogen) atoms. The quantitative estimate of drug-likeness (QED) is 0.651. The summed E-state index contributed by atoms with van der Waals surface area (Å²) in [6.07, 6.45) is 3.41. The molecule has 0 aromatic heterocycles. The van der Waals surface area contributed by atoms with E-state index < -0.39 is 0 Å². The minimum absolute atomic E-state index is 0.254. The van der Waals surface area contributed by atoms with Gasteiger partial charge in [-0.25, -0.2) is 0 Å². The number of aryl methyl sites for hydroxylation is 1. The molecule has 1 saturated heterocycles. The molecule has 1 amide bonds. The zero-order valence-corrected chi connectivity index (χ0v) is 14.8. The van der Waals surface area contributed by atoms with Crippen molar-refractivity contribution in [2.45, 2.75) is 25.7 Å². The maximum atomic E-state index is 12.4. The summed E-state index contributed by atoms with van der Waals surface area (Å²) in [5.74, 6) is 1.66. The van der Waals surface area contributed by atoms with Crippen LogP contribution < -0.4 is 4.74 Å². The molecule has 0 spiro atoms. The monoisotopic (exact) mass is 335 g/mol. The van der Waals surface area contributed by atoms with E-state index >= 15 is 0 Å². The summed E-state index contributed by atoms with van der Waals surface area (Å²) < 4.78 is 15.7. The van der Waals surface area contributed by atoms with Gasteiger partial charge in [-0.15, -0.1) is 0 Å². The largest absolute Gasteiger partial charge is 0.497 e. The van der Waals surface area contributed by atoms with E-state index in [-0.39, 0.29) is 5.91 Å². The van der Waals surface area contributed by atoms with Gasteiger partial charge in [-0.1, -0.05) is 12.1 Å². The van der Waals surface area contributed by atoms with E-state index in [9.17, 15) is 4.79 Å². The van der Waals surface area contributed by atoms with Gasteiger partial charge in [0.25, 0.3) is 0 Å². The Morgan fingerprint density at radius 3 is 2.46 bits per heavy atom. The molecule has 1 aromatic rings. The van der Waals surface area contributed by atoms with Crippen LogP contribution in [0.3, 0.4) is 0 Å². The van der Waals surface area contributed by atoms with Crippen LogP contribution in [0, 0.1) is 5.92 Å². The number of benzene rings is 1. The smallest absolute Gasteiger partial charge is 0.222 e. The first kappa shape index (κ1) is 18.7. The molecule has 1 heterocycles. The van der Waals surface area contributed by atoms with Crippen molar-refractivity contribution in [1.82, 2.24) is 4.90 Å². The van der Waals surface area contributed by atoms with Crippen LogP contribution in [-0.2, 0) is 20.7 Å². The number of piperidine rings is 1. The summed E-state index contributed by atoms with van der Waals surface area (Å²) in [4.78, 5) is 14.3. The van der Waals surface area contributed by atoms with Crippen molar-refractivity contribution in [3.8, 4) is 5.75 Å². The first-order valence-corrected chi connectivity index (χ1v) is 8.70. The van der Waals surface area contributed by atoms with Gasteiger partial charge in [-0.3, -0.25) is 4.79 Å². The lowest BCUT2D eigenvalue weighted by Gasteiger charge is -2.32. The number of carbonyl (C=O) groups excluding carboxylic acids is 1. The molecule has 0 saturated carbocycles. The summed E-state index contributed by atoms with van der Waals surface area (Å²) in [6, 6.07) is 7.93. The van der Waals surface area contributed by atoms with Crippen molar-refractivity contribution in [1.29, 1.82) is 0 Å². The molecule has 5 nitrogen and oxygen atoms in total. The van der Waals surface area contributed by atoms with Gasteiger partial charge in [-0.2, -0.15) is 0 Å². The van der Waals surface area contributed by atoms with E-state index in [0.717, 1.165) is 44.7 Å². The molecular weight excluding hydrogens is 306 g/mol. The minimum atomic E-state index is 0.254. The molecule has 1 aromatic carbocycles. The van der Waals surface area contributed by atoms with Crippen LogP contribution in [0.1, 0.15) is 24.8 Å². The van der Waals surface area contributed by atoms with E-state index in [4.69, 9.17) is 14.2 Å². The van der Waals surface area contributed by atoms with E-state index in [1.54, 1.807) is 14.2 Å². The van der Waals surface area contributed by atoms with Crippen LogP contribution in [0.2, 0.25) is 0 Å². The summed E-state index contributed by atoms with van der Waals surface area (Å²) in [5, 5.41) is 0. The Kier molecular flexibility index (Phi) is 8.05. The number of ether oxygens (including phenoxy) is 3. The maximum absolute atomic E-state index is 12.4. The van der Waals surface area contributed by atoms with Crippen LogP contribution in [-0.4, -0.2) is 57.9 Å². The standard InChI is InChI=1S/C19H29NO4/c1-22-13-14-24-15-17-9-11-20(12-10-17)19(21)8-5-16-3-6-18(23-2)7-4-16/h3-4,6-7,17H,5,8-15H2,1-2H3. The van der Waals surface area contributed by atoms with E-state index in [1.165, 1.54) is 5.56 Å². The molecule has 0 radical (unpaired) electrons. The van der Waals surface area contributed by atoms with Crippen LogP contribution in [0.4, 0.5) is 0 Å². The third-order valence-corrected chi connectivity index (χ3v) is 4.54. The highest BCUT2D eigenvalue weighted by Gasteiger charge is 2.22. The number of hydrogen-bond donors (Lipinski definition) is 0. The molecule has 0 unspecified atom stereocenters. The molecule has 1 fully saturated rings. The summed E-state index contributed by atoms with van der Waals surface area (Å²) in [5.41, 5.74) is 1.17. The zero-order chi connectivity index (χ0) is 17.2. The molecule has 5 heteroatoms. The predicted octanol–water partition coefficient (Wildman–Crippen LogP) is 2.53. The Labute approximate surface area is 144 Å². The van der Waals surface area contributed by atoms with E-state index in [1.807, 2.05) is 29.2 Å². The number of rotatable bonds is 9. The Morgan fingerprint density at radius 1 is 1.12 bits per heavy atom. The van der Waals surface area contributed by atoms with Crippen molar-refractivity contribution >= 4 is 5.91 Å². The van der Waals surface area contributed by atoms with Crippen molar-refractivity contribution in [2.75, 3.05) is 47.1 Å². The minimum Gasteiger partial charge on any atom is -0.497 e. The van der Waals surface area contributed by atoms with Gasteiger partial charge in [0.15, 0.2) is 0 Å². The van der Waals surface area contributed by atoms with Gasteiger partial charge in [-0.05, 0) is 42.9 Å². The van der Waals surface area contributed by atoms with Crippen molar-refractivity contribution in [3.63, 3.8) is 0 Å². The molecule has 0 aliphatic carbocycles. The second kappa shape index (κ2) is 10.3. The van der Waals surface area contributed by atoms with Crippen molar-refractivity contribution in [3.05, 3.63) is 29.8 Å². The third-order valence-electron chi connectivity index (χ3n) is 4.54. The first-order valence-electron chi connectivity index (χ1n) is 8.70. The summed E-state index contributed by atoms with van der Waals surface area (Å²) in [6.45, 7) is 3.76. The lowest BCUT2D eigenvalue weighted by atomic mass is 9.97. The fourth-order valence-electron chi connectivity index (χ4n) is 2.94. The Hall–Kier alpha value is -1.59. The second-order valence-corrected chi connectivity index (χ2v) is 6.24. The highest BCUT2D eigenvalue weighted by Crippen LogP contribution is 2.19. The molecule has 134 valence electrons. The maximum Gasteiger partial charge on any atom is 0.222 e. The van der Waals surface area contributed by atoms with Gasteiger partial charge in [0.05, 0.1) is 20.3 Å². The Balaban J connectivity index is 1.65. The predicted molar refractivity (Wildman–Crippen MR) is 93.3 cm³/mol. The lowest BCUT2D eigenvalue weighted by molar-refractivity contribution is -0.132. The van der Waals surface area contributed by atoms with Crippen molar-refractivity contribution < 1.29 is 19.0 Å². The fraction of sp³-hybridized carbons (Fsp3) is 0.632. The van der Waals surface area contributed by atoms with E-state index in [0.29, 0.717) is 25.6 Å². The van der Waals surface area contributed by atoms with Crippen molar-refractivity contribution in [2.24, 2.45) is 5.92 Å². The molecule has 1 aliphatic rings. The highest BCUT2D eigenvalue weighted by molar-refractivity contribution is 5.76. The summed E-state index contributed by atoms with van der Waals surface area (Å²) >= 11 is 0. The van der Waals surface area contributed by atoms with Gasteiger partial charge < -0.3 is 19.1 Å². The van der Waals surface area contributed by atoms with E-state index in [2.05, 4.69) is 0 Å². The lowest BCUT2D eigenvalue weighted by Crippen LogP contribution is -2.39. The number of hydrogen-bond acceptors (Lipinski definition) is 4. The average molecular weight is 335 g/mol. The number of carbonyl (C=O) groups is 1. The van der Waals surface area contributed by atoms with Crippen LogP contribution in [0.15, 0.2) is 24.3 Å². The highest BCUT2D eigenvalue weighted by atomic mass is 16.5. The topological polar surface area (TPSA) is 48.0 Å². The normalized spacial score (nSPS) is 15.5. The van der Waals surface area contributed by atoms with Crippen LogP contribution in [0.25, 0.3) is 0 Å². The van der Waals surface area contributed by atoms with Crippen LogP contribution >= 0.6 is 0 Å². The molecule has 1 aliphatic heterocycles. The number of nitrogens with zero attached hydrogens (tertiary/aromatic N) is 1. The number of amides is 1. The molecule has 0 N–H and O–H groups in total. The molecular formula is C19H29NO4. The Morgan fingerprint density at radius 2 is 1.83 bits per heavy atom. The molecule has 0 atom stereocenters. The average Bonchev–Trinajstić information content (AvgIpc) is 2.64. The SMILES string of the molecule is COCCOCC1CCN(C(=O)CCc2ccc(OC)cc2)CC1. The van der Waals surface area contributed by atoms with Crippen LogP contribution in [0.5, 0.6) is 5.75 Å². The first-order chi connectivity index (χ1) is 11.7. The second-order valence-electron chi connectivity index (χ2n) is 6.24. The van der Waals surface area contributed by atoms with Gasteiger partial charge in [0.1, 0.15) is 5.75 Å². The Bertz CT molecular complexity index is 481. The van der Waals surface area contributed by atoms with Gasteiger partial charge >= 0.3 is 0 Å². The van der Waals surface area contributed by atoms with Gasteiger partial charge in [0.2, 0.25) is 5.91 Å². The molecule has 0 bridgehead atoms. The number of methoxy groups -OCH3 is 2. The summed E-state index contributed by atoms with van der Waals surface area (Å²) in [7, 11) is 3.34.